The van der Waals surface area contributed by atoms with Gasteiger partial charge in [0.1, 0.15) is 11.3 Å². The largest absolute Gasteiger partial charge is 0.476 e. The van der Waals surface area contributed by atoms with Crippen molar-refractivity contribution in [2.45, 2.75) is 13.5 Å². The molecule has 0 spiro atoms. The predicted octanol–water partition coefficient (Wildman–Crippen LogP) is 4.22. The van der Waals surface area contributed by atoms with Crippen molar-refractivity contribution in [3.63, 3.8) is 0 Å². The second-order valence-corrected chi connectivity index (χ2v) is 6.28. The highest BCUT2D eigenvalue weighted by atomic mass is 16.4. The summed E-state index contributed by atoms with van der Waals surface area (Å²) in [6.07, 6.45) is 0. The second-order valence-electron chi connectivity index (χ2n) is 6.28. The topological polar surface area (TPSA) is 92.0 Å². The fourth-order valence-electron chi connectivity index (χ4n) is 3.09. The van der Waals surface area contributed by atoms with Crippen LogP contribution in [0.2, 0.25) is 0 Å². The lowest BCUT2D eigenvalue weighted by Gasteiger charge is -2.06. The minimum absolute atomic E-state index is 0.00963. The molecule has 2 heterocycles. The van der Waals surface area contributed by atoms with Crippen molar-refractivity contribution in [2.24, 2.45) is 0 Å². The molecule has 0 saturated heterocycles. The number of carbonyl (C=O) groups is 1. The second kappa shape index (κ2) is 6.46. The van der Waals surface area contributed by atoms with Gasteiger partial charge in [0.2, 0.25) is 0 Å². The molecule has 0 aliphatic heterocycles. The number of hydrogen-bond acceptors (Lipinski definition) is 4. The van der Waals surface area contributed by atoms with Crippen LogP contribution in [-0.4, -0.2) is 20.9 Å². The smallest absolute Gasteiger partial charge is 0.356 e. The molecule has 0 bridgehead atoms. The van der Waals surface area contributed by atoms with E-state index in [1.807, 2.05) is 36.4 Å². The number of rotatable bonds is 4. The van der Waals surface area contributed by atoms with Crippen molar-refractivity contribution in [3.05, 3.63) is 77.1 Å². The first-order valence-electron chi connectivity index (χ1n) is 8.35. The third-order valence-corrected chi connectivity index (χ3v) is 4.40. The van der Waals surface area contributed by atoms with E-state index in [9.17, 15) is 10.1 Å². The quantitative estimate of drug-likeness (QED) is 0.590. The van der Waals surface area contributed by atoms with Crippen LogP contribution < -0.4 is 0 Å². The maximum absolute atomic E-state index is 11.2. The summed E-state index contributed by atoms with van der Waals surface area (Å²) in [5, 5.41) is 23.4. The van der Waals surface area contributed by atoms with Crippen LogP contribution in [0.5, 0.6) is 0 Å². The van der Waals surface area contributed by atoms with Crippen molar-refractivity contribution < 1.29 is 14.3 Å². The normalized spacial score (nSPS) is 10.8. The summed E-state index contributed by atoms with van der Waals surface area (Å²) >= 11 is 0. The molecule has 0 aliphatic carbocycles. The number of hydrogen-bond donors (Lipinski definition) is 1. The molecule has 0 amide bonds. The third kappa shape index (κ3) is 3.07. The van der Waals surface area contributed by atoms with Crippen LogP contribution in [0, 0.1) is 18.3 Å². The first-order chi connectivity index (χ1) is 13.0. The Labute approximate surface area is 154 Å². The van der Waals surface area contributed by atoms with Gasteiger partial charge in [-0.1, -0.05) is 30.3 Å². The fraction of sp³-hybridized carbons (Fsp3) is 0.0952. The SMILES string of the molecule is Cc1cc(C(=O)O)nn1Cc1cc(C#N)cc2cc(-c3ccccc3)oc12. The van der Waals surface area contributed by atoms with E-state index in [-0.39, 0.29) is 5.69 Å². The monoisotopic (exact) mass is 357 g/mol. The molecule has 6 nitrogen and oxygen atoms in total. The molecule has 0 unspecified atom stereocenters. The molecule has 0 saturated carbocycles. The zero-order valence-corrected chi connectivity index (χ0v) is 14.5. The molecule has 0 fully saturated rings. The number of carboxylic acids is 1. The summed E-state index contributed by atoms with van der Waals surface area (Å²) < 4.78 is 7.69. The molecule has 0 aliphatic rings. The molecule has 6 heteroatoms. The highest BCUT2D eigenvalue weighted by Gasteiger charge is 2.15. The molecule has 4 rings (SSSR count). The minimum Gasteiger partial charge on any atom is -0.476 e. The predicted molar refractivity (Wildman–Crippen MR) is 99.4 cm³/mol. The molecule has 0 atom stereocenters. The van der Waals surface area contributed by atoms with Gasteiger partial charge in [-0.25, -0.2) is 4.79 Å². The van der Waals surface area contributed by atoms with Gasteiger partial charge in [0, 0.05) is 22.2 Å². The molecule has 132 valence electrons. The summed E-state index contributed by atoms with van der Waals surface area (Å²) in [4.78, 5) is 11.2. The Bertz CT molecular complexity index is 1200. The maximum atomic E-state index is 11.2. The number of benzene rings is 2. The van der Waals surface area contributed by atoms with E-state index in [4.69, 9.17) is 9.52 Å². The van der Waals surface area contributed by atoms with Gasteiger partial charge in [-0.2, -0.15) is 10.4 Å². The molecule has 27 heavy (non-hydrogen) atoms. The first kappa shape index (κ1) is 16.6. The Balaban J connectivity index is 1.83. The Morgan fingerprint density at radius 2 is 2.00 bits per heavy atom. The molecule has 2 aromatic carbocycles. The van der Waals surface area contributed by atoms with E-state index in [1.165, 1.54) is 6.07 Å². The summed E-state index contributed by atoms with van der Waals surface area (Å²) in [5.41, 5.74) is 3.61. The van der Waals surface area contributed by atoms with Crippen LogP contribution in [0.15, 0.2) is 59.0 Å². The summed E-state index contributed by atoms with van der Waals surface area (Å²) in [5.74, 6) is -0.359. The van der Waals surface area contributed by atoms with Gasteiger partial charge in [0.05, 0.1) is 18.2 Å². The van der Waals surface area contributed by atoms with Gasteiger partial charge in [-0.3, -0.25) is 4.68 Å². The van der Waals surface area contributed by atoms with Crippen molar-refractivity contribution >= 4 is 16.9 Å². The molecule has 1 N–H and O–H groups in total. The average Bonchev–Trinajstić information content (AvgIpc) is 3.26. The van der Waals surface area contributed by atoms with Crippen LogP contribution in [0.1, 0.15) is 27.3 Å². The molecule has 0 radical (unpaired) electrons. The molecular formula is C21H15N3O3. The zero-order chi connectivity index (χ0) is 19.0. The van der Waals surface area contributed by atoms with E-state index < -0.39 is 5.97 Å². The Hall–Kier alpha value is -3.85. The number of aromatic nitrogens is 2. The van der Waals surface area contributed by atoms with E-state index >= 15 is 0 Å². The molecular weight excluding hydrogens is 342 g/mol. The van der Waals surface area contributed by atoms with E-state index in [0.29, 0.717) is 23.5 Å². The number of fused-ring (bicyclic) bond motifs is 1. The van der Waals surface area contributed by atoms with Gasteiger partial charge in [0.25, 0.3) is 0 Å². The van der Waals surface area contributed by atoms with Gasteiger partial charge in [0.15, 0.2) is 5.69 Å². The van der Waals surface area contributed by atoms with Crippen LogP contribution in [0.25, 0.3) is 22.3 Å². The van der Waals surface area contributed by atoms with Gasteiger partial charge < -0.3 is 9.52 Å². The lowest BCUT2D eigenvalue weighted by atomic mass is 10.1. The Morgan fingerprint density at radius 1 is 1.22 bits per heavy atom. The highest BCUT2D eigenvalue weighted by Crippen LogP contribution is 2.31. The number of nitrogens with zero attached hydrogens (tertiary/aromatic N) is 3. The fourth-order valence-corrected chi connectivity index (χ4v) is 3.09. The lowest BCUT2D eigenvalue weighted by molar-refractivity contribution is 0.0689. The highest BCUT2D eigenvalue weighted by molar-refractivity contribution is 5.87. The van der Waals surface area contributed by atoms with Crippen molar-refractivity contribution in [3.8, 4) is 17.4 Å². The van der Waals surface area contributed by atoms with Crippen molar-refractivity contribution in [2.75, 3.05) is 0 Å². The third-order valence-electron chi connectivity index (χ3n) is 4.40. The van der Waals surface area contributed by atoms with Crippen molar-refractivity contribution in [1.29, 1.82) is 5.26 Å². The van der Waals surface area contributed by atoms with Crippen LogP contribution in [0.4, 0.5) is 0 Å². The van der Waals surface area contributed by atoms with Crippen molar-refractivity contribution in [1.82, 2.24) is 9.78 Å². The Morgan fingerprint density at radius 3 is 2.67 bits per heavy atom. The van der Waals surface area contributed by atoms with E-state index in [0.717, 1.165) is 22.2 Å². The number of aryl methyl sites for hydroxylation is 1. The number of furan rings is 1. The average molecular weight is 357 g/mol. The van der Waals surface area contributed by atoms with E-state index in [1.54, 1.807) is 23.7 Å². The van der Waals surface area contributed by atoms with Crippen LogP contribution >= 0.6 is 0 Å². The van der Waals surface area contributed by atoms with Gasteiger partial charge >= 0.3 is 5.97 Å². The van der Waals surface area contributed by atoms with Gasteiger partial charge in [-0.05, 0) is 31.2 Å². The molecule has 4 aromatic rings. The molecule has 2 aromatic heterocycles. The zero-order valence-electron chi connectivity index (χ0n) is 14.5. The minimum atomic E-state index is -1.07. The Kier molecular flexibility index (Phi) is 3.98. The van der Waals surface area contributed by atoms with E-state index in [2.05, 4.69) is 11.2 Å². The van der Waals surface area contributed by atoms with Gasteiger partial charge in [-0.15, -0.1) is 0 Å². The lowest BCUT2D eigenvalue weighted by Crippen LogP contribution is -2.06. The maximum Gasteiger partial charge on any atom is 0.356 e. The number of nitriles is 1. The van der Waals surface area contributed by atoms with Crippen LogP contribution in [0.3, 0.4) is 0 Å². The number of carboxylic acid groups (broad SMARTS) is 1. The number of aromatic carboxylic acids is 1. The first-order valence-corrected chi connectivity index (χ1v) is 8.35. The van der Waals surface area contributed by atoms with Crippen LogP contribution in [-0.2, 0) is 6.54 Å². The summed E-state index contributed by atoms with van der Waals surface area (Å²) in [6, 6.07) is 18.9. The summed E-state index contributed by atoms with van der Waals surface area (Å²) in [6.45, 7) is 2.11. The standard InChI is InChI=1S/C21H15N3O3/c1-13-7-18(21(25)26)23-24(13)12-17-9-14(11-22)8-16-10-19(27-20(16)17)15-5-3-2-4-6-15/h2-10H,12H2,1H3,(H,25,26). The summed E-state index contributed by atoms with van der Waals surface area (Å²) in [7, 11) is 0.